The van der Waals surface area contributed by atoms with Gasteiger partial charge in [-0.3, -0.25) is 4.79 Å². The van der Waals surface area contributed by atoms with E-state index in [1.165, 1.54) is 22.3 Å². The summed E-state index contributed by atoms with van der Waals surface area (Å²) in [7, 11) is 0. The second kappa shape index (κ2) is 12.1. The summed E-state index contributed by atoms with van der Waals surface area (Å²) >= 11 is 6.09. The molecule has 0 radical (unpaired) electrons. The summed E-state index contributed by atoms with van der Waals surface area (Å²) < 4.78 is 10.7. The molecule has 164 valence electrons. The van der Waals surface area contributed by atoms with Crippen molar-refractivity contribution in [2.45, 2.75) is 84.5 Å². The summed E-state index contributed by atoms with van der Waals surface area (Å²) in [6.07, 6.45) is 4.30. The van der Waals surface area contributed by atoms with Gasteiger partial charge in [0.1, 0.15) is 12.0 Å². The molecular weight excluding hydrogens is 396 g/mol. The number of halogens is 1. The van der Waals surface area contributed by atoms with Crippen LogP contribution in [0.1, 0.15) is 70.6 Å². The number of fused-ring (bicyclic) bond motifs is 3. The summed E-state index contributed by atoms with van der Waals surface area (Å²) in [4.78, 5) is 12.0. The Balaban J connectivity index is 0.000000396. The van der Waals surface area contributed by atoms with Gasteiger partial charge in [-0.2, -0.15) is 0 Å². The lowest BCUT2D eigenvalue weighted by Gasteiger charge is -2.12. The fraction of sp³-hybridized carbons (Fsp3) is 0.500. The monoisotopic (exact) mass is 430 g/mol. The number of carbonyl (C=O) groups excluding carboxylic acids is 1. The quantitative estimate of drug-likeness (QED) is 0.287. The molecule has 0 N–H and O–H groups in total. The van der Waals surface area contributed by atoms with Crippen LogP contribution in [0.25, 0.3) is 11.1 Å². The van der Waals surface area contributed by atoms with Gasteiger partial charge >= 0.3 is 5.97 Å². The molecule has 3 nitrogen and oxygen atoms in total. The number of esters is 1. The number of hydrogen-bond acceptors (Lipinski definition) is 3. The van der Waals surface area contributed by atoms with Crippen LogP contribution < -0.4 is 0 Å². The zero-order chi connectivity index (χ0) is 22.1. The van der Waals surface area contributed by atoms with Gasteiger partial charge in [0.25, 0.3) is 0 Å². The van der Waals surface area contributed by atoms with Crippen molar-refractivity contribution in [3.63, 3.8) is 0 Å². The van der Waals surface area contributed by atoms with Gasteiger partial charge in [0.15, 0.2) is 0 Å². The Hall–Kier alpha value is -1.84. The number of hydrogen-bond donors (Lipinski definition) is 0. The largest absolute Gasteiger partial charge is 0.460 e. The Morgan fingerprint density at radius 1 is 1.00 bits per heavy atom. The van der Waals surface area contributed by atoms with E-state index in [1.807, 2.05) is 39.8 Å². The molecule has 0 fully saturated rings. The summed E-state index contributed by atoms with van der Waals surface area (Å²) in [5, 5.41) is -0.538. The predicted molar refractivity (Wildman–Crippen MR) is 125 cm³/mol. The predicted octanol–water partition coefficient (Wildman–Crippen LogP) is 6.92. The molecule has 0 aromatic heterocycles. The first-order valence-electron chi connectivity index (χ1n) is 11.0. The molecule has 0 aliphatic heterocycles. The Labute approximate surface area is 186 Å². The van der Waals surface area contributed by atoms with Crippen LogP contribution in [0.15, 0.2) is 42.5 Å². The average molecular weight is 431 g/mol. The molecule has 1 aliphatic rings. The number of rotatable bonds is 8. The second-order valence-electron chi connectivity index (χ2n) is 8.23. The molecule has 4 heteroatoms. The molecule has 0 saturated carbocycles. The van der Waals surface area contributed by atoms with E-state index in [2.05, 4.69) is 37.3 Å². The maximum absolute atomic E-state index is 12.0. The third kappa shape index (κ3) is 7.14. The molecule has 30 heavy (non-hydrogen) atoms. The Kier molecular flexibility index (Phi) is 9.87. The fourth-order valence-electron chi connectivity index (χ4n) is 3.64. The van der Waals surface area contributed by atoms with E-state index in [-0.39, 0.29) is 5.97 Å². The van der Waals surface area contributed by atoms with Crippen molar-refractivity contribution < 1.29 is 14.3 Å². The van der Waals surface area contributed by atoms with Gasteiger partial charge in [-0.05, 0) is 68.4 Å². The number of unbranched alkanes of at least 4 members (excludes halogenated alkanes) is 1. The standard InChI is InChI=1S/C20H21ClO2.C6H14O/c1-2-3-11-19(21)20(22)23-13-15-8-6-10-17-16-9-5-4-7-14(16)12-18(15)17;1-5(2)7-6(3)4/h4-10,19H,2-3,11-13H2,1H3;5-6H,1-4H3. The van der Waals surface area contributed by atoms with Crippen molar-refractivity contribution in [1.29, 1.82) is 0 Å². The van der Waals surface area contributed by atoms with Crippen LogP contribution in [0.5, 0.6) is 0 Å². The number of alkyl halides is 1. The zero-order valence-electron chi connectivity index (χ0n) is 18.9. The minimum atomic E-state index is -0.538. The smallest absolute Gasteiger partial charge is 0.324 e. The molecule has 0 spiro atoms. The van der Waals surface area contributed by atoms with E-state index >= 15 is 0 Å². The van der Waals surface area contributed by atoms with Crippen molar-refractivity contribution in [3.8, 4) is 11.1 Å². The molecule has 1 unspecified atom stereocenters. The zero-order valence-corrected chi connectivity index (χ0v) is 19.7. The van der Waals surface area contributed by atoms with E-state index in [1.54, 1.807) is 0 Å². The van der Waals surface area contributed by atoms with Crippen LogP contribution in [0.2, 0.25) is 0 Å². The maximum Gasteiger partial charge on any atom is 0.324 e. The van der Waals surface area contributed by atoms with Gasteiger partial charge in [-0.1, -0.05) is 62.2 Å². The molecule has 0 amide bonds. The first kappa shape index (κ1) is 24.4. The third-order valence-electron chi connectivity index (χ3n) is 4.93. The number of benzene rings is 2. The summed E-state index contributed by atoms with van der Waals surface area (Å²) in [5.41, 5.74) is 6.21. The van der Waals surface area contributed by atoms with Crippen LogP contribution in [0, 0.1) is 0 Å². The lowest BCUT2D eigenvalue weighted by atomic mass is 10.0. The molecule has 3 rings (SSSR count). The minimum absolute atomic E-state index is 0.297. The normalized spacial score (nSPS) is 12.8. The van der Waals surface area contributed by atoms with Crippen molar-refractivity contribution in [3.05, 3.63) is 59.2 Å². The van der Waals surface area contributed by atoms with Gasteiger partial charge in [0.2, 0.25) is 0 Å². The first-order valence-corrected chi connectivity index (χ1v) is 11.4. The highest BCUT2D eigenvalue weighted by Crippen LogP contribution is 2.38. The average Bonchev–Trinajstić information content (AvgIpc) is 3.09. The van der Waals surface area contributed by atoms with Gasteiger partial charge in [-0.25, -0.2) is 0 Å². The highest BCUT2D eigenvalue weighted by molar-refractivity contribution is 6.29. The molecule has 2 aromatic rings. The van der Waals surface area contributed by atoms with Crippen molar-refractivity contribution in [2.24, 2.45) is 0 Å². The highest BCUT2D eigenvalue weighted by Gasteiger charge is 2.22. The summed E-state index contributed by atoms with van der Waals surface area (Å²) in [6, 6.07) is 14.6. The molecule has 2 aromatic carbocycles. The van der Waals surface area contributed by atoms with E-state index in [9.17, 15) is 4.79 Å². The Morgan fingerprint density at radius 2 is 1.67 bits per heavy atom. The van der Waals surface area contributed by atoms with Crippen molar-refractivity contribution in [2.75, 3.05) is 0 Å². The molecule has 1 aliphatic carbocycles. The summed E-state index contributed by atoms with van der Waals surface area (Å²) in [5.74, 6) is -0.312. The van der Waals surface area contributed by atoms with Crippen LogP contribution >= 0.6 is 11.6 Å². The Bertz CT molecular complexity index is 808. The minimum Gasteiger partial charge on any atom is -0.460 e. The second-order valence-corrected chi connectivity index (χ2v) is 8.76. The van der Waals surface area contributed by atoms with Gasteiger partial charge < -0.3 is 9.47 Å². The first-order chi connectivity index (χ1) is 14.3. The Morgan fingerprint density at radius 3 is 2.30 bits per heavy atom. The topological polar surface area (TPSA) is 35.5 Å². The molecule has 0 bridgehead atoms. The molecular formula is C26H35ClO3. The third-order valence-corrected chi connectivity index (χ3v) is 5.33. The molecule has 0 saturated heterocycles. The van der Waals surface area contributed by atoms with Gasteiger partial charge in [-0.15, -0.1) is 11.6 Å². The van der Waals surface area contributed by atoms with Crippen LogP contribution in [-0.2, 0) is 27.3 Å². The SMILES string of the molecule is CC(C)OC(C)C.CCCCC(Cl)C(=O)OCc1cccc2c1Cc1ccccc1-2. The van der Waals surface area contributed by atoms with Crippen LogP contribution in [0.4, 0.5) is 0 Å². The van der Waals surface area contributed by atoms with E-state index in [4.69, 9.17) is 21.1 Å². The molecule has 1 atom stereocenters. The van der Waals surface area contributed by atoms with E-state index in [0.29, 0.717) is 25.2 Å². The molecule has 0 heterocycles. The van der Waals surface area contributed by atoms with Crippen LogP contribution in [0.3, 0.4) is 0 Å². The van der Waals surface area contributed by atoms with E-state index in [0.717, 1.165) is 24.8 Å². The van der Waals surface area contributed by atoms with Crippen molar-refractivity contribution in [1.82, 2.24) is 0 Å². The number of ether oxygens (including phenoxy) is 2. The van der Waals surface area contributed by atoms with Gasteiger partial charge in [0.05, 0.1) is 12.2 Å². The van der Waals surface area contributed by atoms with Crippen molar-refractivity contribution >= 4 is 17.6 Å². The van der Waals surface area contributed by atoms with Crippen LogP contribution in [-0.4, -0.2) is 23.6 Å². The maximum atomic E-state index is 12.0. The lowest BCUT2D eigenvalue weighted by molar-refractivity contribution is -0.144. The lowest BCUT2D eigenvalue weighted by Crippen LogP contribution is -2.18. The number of carbonyl (C=O) groups is 1. The van der Waals surface area contributed by atoms with Gasteiger partial charge in [0, 0.05) is 0 Å². The fourth-order valence-corrected chi connectivity index (χ4v) is 3.86. The highest BCUT2D eigenvalue weighted by atomic mass is 35.5. The summed E-state index contributed by atoms with van der Waals surface area (Å²) in [6.45, 7) is 10.5. The van der Waals surface area contributed by atoms with E-state index < -0.39 is 5.38 Å².